The Balaban J connectivity index is 2.37. The van der Waals surface area contributed by atoms with Gasteiger partial charge in [0.25, 0.3) is 15.6 Å². The van der Waals surface area contributed by atoms with Crippen LogP contribution in [0.3, 0.4) is 0 Å². The van der Waals surface area contributed by atoms with Crippen LogP contribution in [0.5, 0.6) is 0 Å². The van der Waals surface area contributed by atoms with E-state index in [1.807, 2.05) is 6.92 Å². The first-order valence-corrected chi connectivity index (χ1v) is 9.51. The molecule has 8 heteroatoms. The Hall–Kier alpha value is -3.13. The van der Waals surface area contributed by atoms with Crippen LogP contribution in [0.4, 0.5) is 0 Å². The minimum atomic E-state index is -4.02. The van der Waals surface area contributed by atoms with Crippen molar-refractivity contribution in [3.05, 3.63) is 76.9 Å². The fourth-order valence-corrected chi connectivity index (χ4v) is 4.18. The van der Waals surface area contributed by atoms with E-state index < -0.39 is 21.6 Å². The lowest BCUT2D eigenvalue weighted by Crippen LogP contribution is -2.25. The maximum absolute atomic E-state index is 13.1. The van der Waals surface area contributed by atoms with Crippen LogP contribution in [-0.4, -0.2) is 30.0 Å². The molecule has 0 saturated heterocycles. The maximum atomic E-state index is 13.1. The summed E-state index contributed by atoms with van der Waals surface area (Å²) in [5.74, 6) is -0.664. The van der Waals surface area contributed by atoms with Gasteiger partial charge in [-0.05, 0) is 25.1 Å². The zero-order valence-corrected chi connectivity index (χ0v) is 15.7. The van der Waals surface area contributed by atoms with E-state index in [9.17, 15) is 18.0 Å². The van der Waals surface area contributed by atoms with Crippen molar-refractivity contribution in [2.75, 3.05) is 7.11 Å². The van der Waals surface area contributed by atoms with Gasteiger partial charge in [0.2, 0.25) is 0 Å². The summed E-state index contributed by atoms with van der Waals surface area (Å²) in [6.07, 6.45) is 4.10. The molecule has 0 aliphatic rings. The van der Waals surface area contributed by atoms with E-state index in [1.165, 1.54) is 48.3 Å². The lowest BCUT2D eigenvalue weighted by atomic mass is 10.2. The summed E-state index contributed by atoms with van der Waals surface area (Å²) in [5.41, 5.74) is 0.359. The number of carbonyl (C=O) groups is 1. The number of benzene rings is 1. The van der Waals surface area contributed by atoms with Gasteiger partial charge in [0, 0.05) is 24.3 Å². The van der Waals surface area contributed by atoms with E-state index in [4.69, 9.17) is 4.74 Å². The van der Waals surface area contributed by atoms with Crippen molar-refractivity contribution < 1.29 is 17.9 Å². The van der Waals surface area contributed by atoms with Crippen LogP contribution in [0.25, 0.3) is 10.9 Å². The van der Waals surface area contributed by atoms with Crippen LogP contribution >= 0.6 is 0 Å². The SMILES string of the molecule is C=CCn1cc(C(=O)OC)c2ccn(S(=O)(=O)c3ccc(C)cc3)c2c1=O. The average Bonchev–Trinajstić information content (AvgIpc) is 3.10. The van der Waals surface area contributed by atoms with Gasteiger partial charge in [-0.1, -0.05) is 23.8 Å². The standard InChI is InChI=1S/C19H18N2O5S/c1-4-10-20-12-16(19(23)26-3)15-9-11-21(17(15)18(20)22)27(24,25)14-7-5-13(2)6-8-14/h4-9,11-12H,1,10H2,2-3H3. The van der Waals surface area contributed by atoms with Crippen LogP contribution in [0.2, 0.25) is 0 Å². The minimum absolute atomic E-state index is 0.0451. The number of nitrogens with zero attached hydrogens (tertiary/aromatic N) is 2. The Morgan fingerprint density at radius 2 is 1.89 bits per heavy atom. The third-order valence-electron chi connectivity index (χ3n) is 4.20. The highest BCUT2D eigenvalue weighted by molar-refractivity contribution is 7.90. The second-order valence-electron chi connectivity index (χ2n) is 5.97. The molecule has 0 radical (unpaired) electrons. The highest BCUT2D eigenvalue weighted by Crippen LogP contribution is 2.23. The van der Waals surface area contributed by atoms with Crippen molar-refractivity contribution in [3.8, 4) is 0 Å². The predicted molar refractivity (Wildman–Crippen MR) is 101 cm³/mol. The zero-order chi connectivity index (χ0) is 19.8. The van der Waals surface area contributed by atoms with E-state index in [1.54, 1.807) is 12.1 Å². The number of hydrogen-bond donors (Lipinski definition) is 0. The molecule has 0 aliphatic heterocycles. The third-order valence-corrected chi connectivity index (χ3v) is 5.89. The van der Waals surface area contributed by atoms with Crippen LogP contribution in [0, 0.1) is 6.92 Å². The molecule has 0 saturated carbocycles. The Morgan fingerprint density at radius 3 is 2.48 bits per heavy atom. The van der Waals surface area contributed by atoms with Gasteiger partial charge < -0.3 is 9.30 Å². The summed E-state index contributed by atoms with van der Waals surface area (Å²) < 4.78 is 33.0. The summed E-state index contributed by atoms with van der Waals surface area (Å²) >= 11 is 0. The fourth-order valence-electron chi connectivity index (χ4n) is 2.83. The molecule has 0 bridgehead atoms. The molecule has 0 N–H and O–H groups in total. The van der Waals surface area contributed by atoms with Crippen molar-refractivity contribution >= 4 is 26.9 Å². The number of ether oxygens (including phenoxy) is 1. The van der Waals surface area contributed by atoms with Crippen LogP contribution < -0.4 is 5.56 Å². The number of rotatable bonds is 5. The molecule has 0 fully saturated rings. The van der Waals surface area contributed by atoms with E-state index in [0.29, 0.717) is 0 Å². The highest BCUT2D eigenvalue weighted by atomic mass is 32.2. The van der Waals surface area contributed by atoms with E-state index in [2.05, 4.69) is 6.58 Å². The number of fused-ring (bicyclic) bond motifs is 1. The highest BCUT2D eigenvalue weighted by Gasteiger charge is 2.24. The lowest BCUT2D eigenvalue weighted by Gasteiger charge is -2.11. The van der Waals surface area contributed by atoms with Gasteiger partial charge in [0.1, 0.15) is 5.52 Å². The number of esters is 1. The van der Waals surface area contributed by atoms with E-state index in [-0.39, 0.29) is 27.9 Å². The molecule has 7 nitrogen and oxygen atoms in total. The molecule has 0 aliphatic carbocycles. The molecular formula is C19H18N2O5S. The van der Waals surface area contributed by atoms with Gasteiger partial charge in [0.05, 0.1) is 17.6 Å². The Morgan fingerprint density at radius 1 is 1.22 bits per heavy atom. The Labute approximate surface area is 156 Å². The smallest absolute Gasteiger partial charge is 0.340 e. The molecule has 27 heavy (non-hydrogen) atoms. The van der Waals surface area contributed by atoms with Gasteiger partial charge in [-0.3, -0.25) is 4.79 Å². The maximum Gasteiger partial charge on any atom is 0.340 e. The Kier molecular flexibility index (Phi) is 4.75. The van der Waals surface area contributed by atoms with Gasteiger partial charge in [-0.15, -0.1) is 6.58 Å². The van der Waals surface area contributed by atoms with Gasteiger partial charge in [-0.25, -0.2) is 17.2 Å². The second kappa shape index (κ2) is 6.88. The number of methoxy groups -OCH3 is 1. The molecule has 0 atom stereocenters. The topological polar surface area (TPSA) is 87.4 Å². The average molecular weight is 386 g/mol. The molecule has 2 heterocycles. The van der Waals surface area contributed by atoms with Gasteiger partial charge in [0.15, 0.2) is 0 Å². The van der Waals surface area contributed by atoms with E-state index in [0.717, 1.165) is 9.54 Å². The summed E-state index contributed by atoms with van der Waals surface area (Å²) in [7, 11) is -2.80. The fraction of sp³-hybridized carbons (Fsp3) is 0.158. The zero-order valence-electron chi connectivity index (χ0n) is 14.9. The van der Waals surface area contributed by atoms with Crippen molar-refractivity contribution in [3.63, 3.8) is 0 Å². The van der Waals surface area contributed by atoms with E-state index >= 15 is 0 Å². The van der Waals surface area contributed by atoms with Crippen molar-refractivity contribution in [2.45, 2.75) is 18.4 Å². The van der Waals surface area contributed by atoms with Crippen molar-refractivity contribution in [2.24, 2.45) is 0 Å². The number of hydrogen-bond acceptors (Lipinski definition) is 5. The van der Waals surface area contributed by atoms with Gasteiger partial charge in [-0.2, -0.15) is 0 Å². The van der Waals surface area contributed by atoms with Gasteiger partial charge >= 0.3 is 5.97 Å². The van der Waals surface area contributed by atoms with Crippen LogP contribution in [0.1, 0.15) is 15.9 Å². The molecular weight excluding hydrogens is 368 g/mol. The number of carbonyl (C=O) groups excluding carboxylic acids is 1. The second-order valence-corrected chi connectivity index (χ2v) is 7.79. The molecule has 0 spiro atoms. The molecule has 1 aromatic carbocycles. The molecule has 3 aromatic rings. The minimum Gasteiger partial charge on any atom is -0.465 e. The first-order valence-electron chi connectivity index (χ1n) is 8.07. The van der Waals surface area contributed by atoms with Crippen LogP contribution in [-0.2, 0) is 21.3 Å². The van der Waals surface area contributed by atoms with Crippen LogP contribution in [0.15, 0.2) is 65.1 Å². The quantitative estimate of drug-likeness (QED) is 0.496. The molecule has 0 amide bonds. The first kappa shape index (κ1) is 18.7. The first-order chi connectivity index (χ1) is 12.8. The summed E-state index contributed by atoms with van der Waals surface area (Å²) in [4.78, 5) is 25.1. The molecule has 0 unspecified atom stereocenters. The number of aryl methyl sites for hydroxylation is 1. The molecule has 140 valence electrons. The molecule has 3 rings (SSSR count). The van der Waals surface area contributed by atoms with Crippen molar-refractivity contribution in [1.82, 2.24) is 8.54 Å². The Bertz CT molecular complexity index is 1200. The lowest BCUT2D eigenvalue weighted by molar-refractivity contribution is 0.0602. The largest absolute Gasteiger partial charge is 0.465 e. The summed E-state index contributed by atoms with van der Waals surface area (Å²) in [6, 6.07) is 7.72. The molecule has 2 aromatic heterocycles. The monoisotopic (exact) mass is 386 g/mol. The predicted octanol–water partition coefficient (Wildman–Crippen LogP) is 2.32. The number of allylic oxidation sites excluding steroid dienone is 1. The number of pyridine rings is 1. The normalized spacial score (nSPS) is 11.5. The number of aromatic nitrogens is 2. The summed E-state index contributed by atoms with van der Waals surface area (Å²) in [6.45, 7) is 5.55. The third kappa shape index (κ3) is 3.08. The summed E-state index contributed by atoms with van der Waals surface area (Å²) in [5, 5.41) is 0.211. The van der Waals surface area contributed by atoms with Crippen molar-refractivity contribution in [1.29, 1.82) is 0 Å².